The summed E-state index contributed by atoms with van der Waals surface area (Å²) in [6, 6.07) is 6.52. The van der Waals surface area contributed by atoms with Crippen molar-refractivity contribution in [2.45, 2.75) is 32.9 Å². The van der Waals surface area contributed by atoms with Gasteiger partial charge in [0.2, 0.25) is 5.91 Å². The fraction of sp³-hybridized carbons (Fsp3) is 0.462. The zero-order chi connectivity index (χ0) is 14.3. The molecule has 19 heavy (non-hydrogen) atoms. The van der Waals surface area contributed by atoms with Gasteiger partial charge in [-0.2, -0.15) is 0 Å². The number of carbonyl (C=O) groups is 1. The second-order valence-electron chi connectivity index (χ2n) is 4.57. The van der Waals surface area contributed by atoms with E-state index in [4.69, 9.17) is 0 Å². The van der Waals surface area contributed by atoms with Gasteiger partial charge in [-0.3, -0.25) is 14.9 Å². The summed E-state index contributed by atoms with van der Waals surface area (Å²) in [5.41, 5.74) is 1.04. The lowest BCUT2D eigenvalue weighted by Gasteiger charge is -2.08. The largest absolute Gasteiger partial charge is 0.354 e. The molecule has 0 bridgehead atoms. The van der Waals surface area contributed by atoms with Gasteiger partial charge in [-0.15, -0.1) is 0 Å². The first-order valence-electron chi connectivity index (χ1n) is 6.22. The highest BCUT2D eigenvalue weighted by Gasteiger charge is 2.04. The molecule has 0 spiro atoms. The van der Waals surface area contributed by atoms with Crippen molar-refractivity contribution in [3.8, 4) is 0 Å². The Kier molecular flexibility index (Phi) is 5.95. The molecule has 0 heterocycles. The van der Waals surface area contributed by atoms with Gasteiger partial charge in [0.1, 0.15) is 0 Å². The topological polar surface area (TPSA) is 84.3 Å². The quantitative estimate of drug-likeness (QED) is 0.445. The molecule has 2 N–H and O–H groups in total. The Morgan fingerprint density at radius 1 is 1.32 bits per heavy atom. The molecule has 1 amide bonds. The minimum absolute atomic E-state index is 0.0196. The molecule has 0 aliphatic rings. The van der Waals surface area contributed by atoms with Crippen LogP contribution in [0.1, 0.15) is 25.8 Å². The van der Waals surface area contributed by atoms with E-state index in [9.17, 15) is 14.9 Å². The van der Waals surface area contributed by atoms with E-state index in [1.54, 1.807) is 12.1 Å². The molecule has 0 atom stereocenters. The fourth-order valence-corrected chi connectivity index (χ4v) is 1.56. The number of carbonyl (C=O) groups excluding carboxylic acids is 1. The van der Waals surface area contributed by atoms with Crippen molar-refractivity contribution in [2.75, 3.05) is 6.54 Å². The van der Waals surface area contributed by atoms with Crippen molar-refractivity contribution >= 4 is 11.6 Å². The lowest BCUT2D eigenvalue weighted by molar-refractivity contribution is -0.384. The Balaban J connectivity index is 2.26. The fourth-order valence-electron chi connectivity index (χ4n) is 1.56. The Bertz CT molecular complexity index is 429. The van der Waals surface area contributed by atoms with Crippen molar-refractivity contribution < 1.29 is 9.72 Å². The molecular formula is C13H19N3O3. The molecule has 1 aromatic rings. The van der Waals surface area contributed by atoms with Gasteiger partial charge in [0.05, 0.1) is 4.92 Å². The van der Waals surface area contributed by atoms with Crippen LogP contribution in [0.15, 0.2) is 24.3 Å². The number of hydrogen-bond donors (Lipinski definition) is 2. The van der Waals surface area contributed by atoms with Crippen molar-refractivity contribution in [2.24, 2.45) is 0 Å². The molecule has 6 nitrogen and oxygen atoms in total. The molecular weight excluding hydrogens is 246 g/mol. The molecule has 0 fully saturated rings. The van der Waals surface area contributed by atoms with Gasteiger partial charge in [0, 0.05) is 37.7 Å². The van der Waals surface area contributed by atoms with Gasteiger partial charge in [0.25, 0.3) is 5.69 Å². The van der Waals surface area contributed by atoms with Crippen LogP contribution in [0.5, 0.6) is 0 Å². The average Bonchev–Trinajstić information content (AvgIpc) is 2.34. The van der Waals surface area contributed by atoms with Gasteiger partial charge in [-0.1, -0.05) is 12.1 Å². The zero-order valence-corrected chi connectivity index (χ0v) is 11.2. The molecule has 0 aliphatic heterocycles. The summed E-state index contributed by atoms with van der Waals surface area (Å²) in [4.78, 5) is 21.4. The van der Waals surface area contributed by atoms with Crippen molar-refractivity contribution in [1.29, 1.82) is 0 Å². The van der Waals surface area contributed by atoms with E-state index >= 15 is 0 Å². The van der Waals surface area contributed by atoms with Crippen LogP contribution in [0.3, 0.4) is 0 Å². The van der Waals surface area contributed by atoms with E-state index in [0.29, 0.717) is 19.5 Å². The van der Waals surface area contributed by atoms with E-state index in [-0.39, 0.29) is 17.6 Å². The first-order chi connectivity index (χ1) is 8.99. The second kappa shape index (κ2) is 7.48. The van der Waals surface area contributed by atoms with Crippen LogP contribution >= 0.6 is 0 Å². The normalized spacial score (nSPS) is 10.5. The van der Waals surface area contributed by atoms with Crippen LogP contribution in [-0.4, -0.2) is 23.4 Å². The average molecular weight is 265 g/mol. The van der Waals surface area contributed by atoms with Crippen LogP contribution in [0.4, 0.5) is 5.69 Å². The summed E-state index contributed by atoms with van der Waals surface area (Å²) in [5, 5.41) is 16.4. The lowest BCUT2D eigenvalue weighted by atomic mass is 10.2. The molecule has 6 heteroatoms. The minimum atomic E-state index is -0.423. The Morgan fingerprint density at radius 2 is 1.95 bits per heavy atom. The number of nitro benzene ring substituents is 1. The van der Waals surface area contributed by atoms with Crippen LogP contribution < -0.4 is 10.6 Å². The summed E-state index contributed by atoms with van der Waals surface area (Å²) in [6.07, 6.45) is 0.422. The molecule has 0 saturated heterocycles. The van der Waals surface area contributed by atoms with Crippen LogP contribution in [-0.2, 0) is 11.3 Å². The van der Waals surface area contributed by atoms with Crippen LogP contribution in [0, 0.1) is 10.1 Å². The van der Waals surface area contributed by atoms with Gasteiger partial charge in [-0.25, -0.2) is 0 Å². The van der Waals surface area contributed by atoms with Gasteiger partial charge < -0.3 is 10.6 Å². The summed E-state index contributed by atoms with van der Waals surface area (Å²) in [7, 11) is 0. The van der Waals surface area contributed by atoms with E-state index in [1.807, 2.05) is 13.8 Å². The van der Waals surface area contributed by atoms with Gasteiger partial charge in [-0.05, 0) is 19.4 Å². The number of amides is 1. The number of nitro groups is 1. The smallest absolute Gasteiger partial charge is 0.269 e. The summed E-state index contributed by atoms with van der Waals surface area (Å²) in [5.74, 6) is 0.0196. The standard InChI is InChI=1S/C13H19N3O3/c1-10(2)15-13(17)7-8-14-9-11-3-5-12(6-4-11)16(18)19/h3-6,10,14H,7-9H2,1-2H3,(H,15,17). The summed E-state index contributed by atoms with van der Waals surface area (Å²) >= 11 is 0. The number of rotatable bonds is 7. The van der Waals surface area contributed by atoms with Crippen LogP contribution in [0.2, 0.25) is 0 Å². The number of benzene rings is 1. The molecule has 0 aliphatic carbocycles. The SMILES string of the molecule is CC(C)NC(=O)CCNCc1ccc([N+](=O)[O-])cc1. The molecule has 104 valence electrons. The maximum Gasteiger partial charge on any atom is 0.269 e. The van der Waals surface area contributed by atoms with Crippen molar-refractivity contribution in [1.82, 2.24) is 10.6 Å². The highest BCUT2D eigenvalue weighted by atomic mass is 16.6. The van der Waals surface area contributed by atoms with Crippen LogP contribution in [0.25, 0.3) is 0 Å². The summed E-state index contributed by atoms with van der Waals surface area (Å²) in [6.45, 7) is 5.01. The molecule has 1 rings (SSSR count). The van der Waals surface area contributed by atoms with Crippen molar-refractivity contribution in [3.05, 3.63) is 39.9 Å². The predicted octanol–water partition coefficient (Wildman–Crippen LogP) is 1.60. The maximum atomic E-state index is 11.4. The minimum Gasteiger partial charge on any atom is -0.354 e. The Labute approximate surface area is 112 Å². The first kappa shape index (κ1) is 15.1. The predicted molar refractivity (Wildman–Crippen MR) is 72.7 cm³/mol. The third-order valence-electron chi connectivity index (χ3n) is 2.45. The first-order valence-corrected chi connectivity index (χ1v) is 6.22. The third kappa shape index (κ3) is 5.96. The highest BCUT2D eigenvalue weighted by molar-refractivity contribution is 5.76. The molecule has 0 radical (unpaired) electrons. The van der Waals surface area contributed by atoms with Gasteiger partial charge in [0.15, 0.2) is 0 Å². The molecule has 0 unspecified atom stereocenters. The van der Waals surface area contributed by atoms with E-state index in [2.05, 4.69) is 10.6 Å². The van der Waals surface area contributed by atoms with Gasteiger partial charge >= 0.3 is 0 Å². The maximum absolute atomic E-state index is 11.4. The number of hydrogen-bond acceptors (Lipinski definition) is 4. The molecule has 1 aromatic carbocycles. The number of non-ortho nitro benzene ring substituents is 1. The second-order valence-corrected chi connectivity index (χ2v) is 4.57. The summed E-state index contributed by atoms with van der Waals surface area (Å²) < 4.78 is 0. The number of nitrogens with zero attached hydrogens (tertiary/aromatic N) is 1. The monoisotopic (exact) mass is 265 g/mol. The number of nitrogens with one attached hydrogen (secondary N) is 2. The Morgan fingerprint density at radius 3 is 2.47 bits per heavy atom. The van der Waals surface area contributed by atoms with E-state index in [0.717, 1.165) is 5.56 Å². The lowest BCUT2D eigenvalue weighted by Crippen LogP contribution is -2.32. The third-order valence-corrected chi connectivity index (χ3v) is 2.45. The highest BCUT2D eigenvalue weighted by Crippen LogP contribution is 2.11. The zero-order valence-electron chi connectivity index (χ0n) is 11.2. The Hall–Kier alpha value is -1.95. The van der Waals surface area contributed by atoms with E-state index in [1.165, 1.54) is 12.1 Å². The van der Waals surface area contributed by atoms with E-state index < -0.39 is 4.92 Å². The van der Waals surface area contributed by atoms with Crippen molar-refractivity contribution in [3.63, 3.8) is 0 Å². The molecule has 0 aromatic heterocycles. The molecule has 0 saturated carbocycles.